The van der Waals surface area contributed by atoms with Gasteiger partial charge in [0.2, 0.25) is 5.88 Å². The first-order valence-electron chi connectivity index (χ1n) is 13.1. The minimum absolute atomic E-state index is 0.102. The van der Waals surface area contributed by atoms with Gasteiger partial charge in [0, 0.05) is 62.0 Å². The van der Waals surface area contributed by atoms with Gasteiger partial charge in [-0.1, -0.05) is 12.1 Å². The van der Waals surface area contributed by atoms with Gasteiger partial charge in [-0.25, -0.2) is 14.6 Å². The lowest BCUT2D eigenvalue weighted by Crippen LogP contribution is -2.52. The molecule has 5 rings (SSSR count). The van der Waals surface area contributed by atoms with Gasteiger partial charge in [0.15, 0.2) is 0 Å². The van der Waals surface area contributed by atoms with Crippen molar-refractivity contribution in [1.82, 2.24) is 14.8 Å². The minimum Gasteiger partial charge on any atom is -0.471 e. The summed E-state index contributed by atoms with van der Waals surface area (Å²) in [4.78, 5) is 33.1. The maximum absolute atomic E-state index is 12.4. The summed E-state index contributed by atoms with van der Waals surface area (Å²) in [5.41, 5.74) is 3.14. The number of aromatic nitrogens is 1. The van der Waals surface area contributed by atoms with E-state index < -0.39 is 5.60 Å². The highest BCUT2D eigenvalue weighted by Crippen LogP contribution is 2.39. The summed E-state index contributed by atoms with van der Waals surface area (Å²) in [5, 5.41) is 2.96. The number of ether oxygens (including phenoxy) is 3. The molecule has 0 bridgehead atoms. The van der Waals surface area contributed by atoms with Gasteiger partial charge in [0.1, 0.15) is 11.2 Å². The summed E-state index contributed by atoms with van der Waals surface area (Å²) in [6.07, 6.45) is 4.91. The molecule has 2 saturated heterocycles. The fourth-order valence-electron chi connectivity index (χ4n) is 5.04. The number of carbonyl (C=O) groups excluding carboxylic acids is 2. The molecule has 9 heteroatoms. The Morgan fingerprint density at radius 2 is 1.68 bits per heavy atom. The van der Waals surface area contributed by atoms with Crippen LogP contribution in [0.3, 0.4) is 0 Å². The van der Waals surface area contributed by atoms with Crippen molar-refractivity contribution < 1.29 is 23.8 Å². The van der Waals surface area contributed by atoms with Gasteiger partial charge in [0.25, 0.3) is 0 Å². The summed E-state index contributed by atoms with van der Waals surface area (Å²) in [5.74, 6) is 0.690. The molecule has 1 aromatic carbocycles. The summed E-state index contributed by atoms with van der Waals surface area (Å²) in [6.45, 7) is 9.27. The van der Waals surface area contributed by atoms with E-state index in [1.54, 1.807) is 9.80 Å². The van der Waals surface area contributed by atoms with E-state index in [4.69, 9.17) is 14.2 Å². The van der Waals surface area contributed by atoms with E-state index >= 15 is 0 Å². The third-order valence-electron chi connectivity index (χ3n) is 7.18. The number of fused-ring (bicyclic) bond motifs is 1. The Bertz CT molecular complexity index is 1130. The van der Waals surface area contributed by atoms with E-state index in [0.717, 1.165) is 48.1 Å². The number of benzene rings is 1. The van der Waals surface area contributed by atoms with Gasteiger partial charge < -0.3 is 29.3 Å². The first-order chi connectivity index (χ1) is 17.7. The topological polar surface area (TPSA) is 93.2 Å². The van der Waals surface area contributed by atoms with Crippen molar-refractivity contribution in [3.63, 3.8) is 0 Å². The molecule has 0 aliphatic carbocycles. The second-order valence-corrected chi connectivity index (χ2v) is 11.0. The van der Waals surface area contributed by atoms with Crippen molar-refractivity contribution in [3.05, 3.63) is 42.1 Å². The smallest absolute Gasteiger partial charge is 0.410 e. The number of hydrogen-bond donors (Lipinski definition) is 1. The largest absolute Gasteiger partial charge is 0.471 e. The fraction of sp³-hybridized carbons (Fsp3) is 0.536. The Hall–Kier alpha value is -3.33. The summed E-state index contributed by atoms with van der Waals surface area (Å²) in [7, 11) is 0. The molecule has 0 atom stereocenters. The number of aryl methyl sites for hydroxylation is 1. The Morgan fingerprint density at radius 3 is 2.35 bits per heavy atom. The number of piperidine rings is 1. The quantitative estimate of drug-likeness (QED) is 0.632. The summed E-state index contributed by atoms with van der Waals surface area (Å²) < 4.78 is 17.3. The zero-order valence-electron chi connectivity index (χ0n) is 21.9. The van der Waals surface area contributed by atoms with Crippen LogP contribution in [0.2, 0.25) is 0 Å². The first kappa shape index (κ1) is 25.3. The summed E-state index contributed by atoms with van der Waals surface area (Å²) in [6, 6.07) is 9.86. The van der Waals surface area contributed by atoms with Crippen LogP contribution in [0.25, 0.3) is 11.1 Å². The van der Waals surface area contributed by atoms with Crippen LogP contribution in [0.5, 0.6) is 5.88 Å². The molecular formula is C28H36N4O5. The molecule has 2 fully saturated rings. The third kappa shape index (κ3) is 5.98. The van der Waals surface area contributed by atoms with Crippen LogP contribution in [0.4, 0.5) is 15.3 Å². The van der Waals surface area contributed by atoms with Crippen LogP contribution in [-0.4, -0.2) is 77.5 Å². The number of hydrogen-bond acceptors (Lipinski definition) is 6. The van der Waals surface area contributed by atoms with Crippen LogP contribution < -0.4 is 10.1 Å². The van der Waals surface area contributed by atoms with Gasteiger partial charge in [-0.3, -0.25) is 0 Å². The monoisotopic (exact) mass is 508 g/mol. The molecule has 1 aromatic heterocycles. The minimum atomic E-state index is -0.495. The van der Waals surface area contributed by atoms with Gasteiger partial charge in [-0.2, -0.15) is 0 Å². The predicted octanol–water partition coefficient (Wildman–Crippen LogP) is 4.71. The van der Waals surface area contributed by atoms with Gasteiger partial charge in [-0.15, -0.1) is 0 Å². The maximum atomic E-state index is 12.4. The zero-order chi connectivity index (χ0) is 26.0. The van der Waals surface area contributed by atoms with E-state index in [1.165, 1.54) is 0 Å². The van der Waals surface area contributed by atoms with Crippen LogP contribution in [-0.2, 0) is 15.9 Å². The van der Waals surface area contributed by atoms with Gasteiger partial charge in [0.05, 0.1) is 13.2 Å². The number of morpholine rings is 1. The zero-order valence-corrected chi connectivity index (χ0v) is 21.9. The van der Waals surface area contributed by atoms with Crippen LogP contribution in [0.1, 0.15) is 45.6 Å². The van der Waals surface area contributed by atoms with E-state index in [2.05, 4.69) is 16.4 Å². The Labute approximate surface area is 218 Å². The van der Waals surface area contributed by atoms with Crippen molar-refractivity contribution in [3.8, 4) is 17.0 Å². The number of rotatable bonds is 2. The standard InChI is InChI=1S/C28H36N4O5/c1-27(2,3)37-26(34)32-12-10-28(11-13-32)9-8-21-18-22(19-29-24(21)36-28)20-4-6-23(7-5-20)30-25(33)31-14-16-35-17-15-31/h4-7,18-19H,8-17H2,1-3H3,(H,30,33). The highest BCUT2D eigenvalue weighted by Gasteiger charge is 2.41. The molecule has 0 saturated carbocycles. The molecule has 4 heterocycles. The van der Waals surface area contributed by atoms with Crippen molar-refractivity contribution in [2.45, 2.75) is 57.7 Å². The van der Waals surface area contributed by atoms with E-state index in [-0.39, 0.29) is 17.7 Å². The second kappa shape index (κ2) is 10.2. The SMILES string of the molecule is CC(C)(C)OC(=O)N1CCC2(CCc3cc(-c4ccc(NC(=O)N5CCOCC5)cc4)cnc3O2)CC1. The third-order valence-corrected chi connectivity index (χ3v) is 7.18. The number of anilines is 1. The molecule has 1 N–H and O–H groups in total. The highest BCUT2D eigenvalue weighted by molar-refractivity contribution is 5.89. The Kier molecular flexibility index (Phi) is 6.98. The molecule has 3 aliphatic rings. The second-order valence-electron chi connectivity index (χ2n) is 11.0. The van der Waals surface area contributed by atoms with Crippen molar-refractivity contribution in [2.75, 3.05) is 44.7 Å². The van der Waals surface area contributed by atoms with Crippen LogP contribution in [0.15, 0.2) is 36.5 Å². The average Bonchev–Trinajstić information content (AvgIpc) is 2.89. The Balaban J connectivity index is 1.19. The number of likely N-dealkylation sites (tertiary alicyclic amines) is 1. The average molecular weight is 509 g/mol. The number of urea groups is 1. The fourth-order valence-corrected chi connectivity index (χ4v) is 5.04. The molecule has 0 unspecified atom stereocenters. The molecule has 3 amide bonds. The maximum Gasteiger partial charge on any atom is 0.410 e. The van der Waals surface area contributed by atoms with Crippen LogP contribution >= 0.6 is 0 Å². The van der Waals surface area contributed by atoms with E-state index in [1.807, 2.05) is 51.2 Å². The van der Waals surface area contributed by atoms with Crippen molar-refractivity contribution in [2.24, 2.45) is 0 Å². The molecular weight excluding hydrogens is 472 g/mol. The predicted molar refractivity (Wildman–Crippen MR) is 140 cm³/mol. The lowest BCUT2D eigenvalue weighted by atomic mass is 9.83. The number of pyridine rings is 1. The number of nitrogens with zero attached hydrogens (tertiary/aromatic N) is 3. The molecule has 37 heavy (non-hydrogen) atoms. The molecule has 198 valence electrons. The lowest BCUT2D eigenvalue weighted by Gasteiger charge is -2.44. The normalized spacial score (nSPS) is 19.1. The van der Waals surface area contributed by atoms with E-state index in [9.17, 15) is 9.59 Å². The van der Waals surface area contributed by atoms with Gasteiger partial charge >= 0.3 is 12.1 Å². The molecule has 2 aromatic rings. The number of carbonyl (C=O) groups is 2. The Morgan fingerprint density at radius 1 is 0.973 bits per heavy atom. The summed E-state index contributed by atoms with van der Waals surface area (Å²) >= 11 is 0. The van der Waals surface area contributed by atoms with E-state index in [0.29, 0.717) is 45.3 Å². The molecule has 1 spiro atoms. The first-order valence-corrected chi connectivity index (χ1v) is 13.1. The van der Waals surface area contributed by atoms with Crippen molar-refractivity contribution >= 4 is 17.8 Å². The van der Waals surface area contributed by atoms with Crippen LogP contribution in [0, 0.1) is 0 Å². The molecule has 9 nitrogen and oxygen atoms in total. The van der Waals surface area contributed by atoms with Gasteiger partial charge in [-0.05, 0) is 57.4 Å². The lowest BCUT2D eigenvalue weighted by molar-refractivity contribution is -0.0296. The number of nitrogens with one attached hydrogen (secondary N) is 1. The van der Waals surface area contributed by atoms with Crippen molar-refractivity contribution in [1.29, 1.82) is 0 Å². The highest BCUT2D eigenvalue weighted by atomic mass is 16.6. The number of amides is 3. The molecule has 0 radical (unpaired) electrons. The molecule has 3 aliphatic heterocycles.